The van der Waals surface area contributed by atoms with Crippen LogP contribution in [-0.4, -0.2) is 42.9 Å². The van der Waals surface area contributed by atoms with E-state index in [1.165, 1.54) is 16.4 Å². The first-order valence-corrected chi connectivity index (χ1v) is 8.26. The Morgan fingerprint density at radius 2 is 2.14 bits per heavy atom. The molecule has 0 radical (unpaired) electrons. The van der Waals surface area contributed by atoms with Gasteiger partial charge < -0.3 is 10.8 Å². The van der Waals surface area contributed by atoms with E-state index in [0.717, 1.165) is 0 Å². The van der Waals surface area contributed by atoms with Crippen molar-refractivity contribution in [3.63, 3.8) is 0 Å². The van der Waals surface area contributed by atoms with Gasteiger partial charge in [0.15, 0.2) is 0 Å². The molecular weight excluding hydrogens is 292 g/mol. The highest BCUT2D eigenvalue weighted by molar-refractivity contribution is 7.89. The quantitative estimate of drug-likeness (QED) is 0.844. The van der Waals surface area contributed by atoms with Crippen molar-refractivity contribution in [2.45, 2.75) is 31.3 Å². The van der Waals surface area contributed by atoms with Crippen LogP contribution in [0.1, 0.15) is 29.3 Å². The van der Waals surface area contributed by atoms with Gasteiger partial charge in [0, 0.05) is 18.7 Å². The summed E-state index contributed by atoms with van der Waals surface area (Å²) in [6.45, 7) is 4.03. The Hall–Kier alpha value is -1.44. The van der Waals surface area contributed by atoms with Gasteiger partial charge in [0.25, 0.3) is 0 Å². The molecule has 0 aliphatic carbocycles. The van der Waals surface area contributed by atoms with Crippen molar-refractivity contribution in [2.75, 3.05) is 13.1 Å². The van der Waals surface area contributed by atoms with Gasteiger partial charge in [0.1, 0.15) is 0 Å². The molecule has 21 heavy (non-hydrogen) atoms. The Bertz CT molecular complexity index is 655. The highest BCUT2D eigenvalue weighted by Gasteiger charge is 2.34. The lowest BCUT2D eigenvalue weighted by atomic mass is 10.0. The van der Waals surface area contributed by atoms with Gasteiger partial charge in [-0.25, -0.2) is 8.42 Å². The van der Waals surface area contributed by atoms with Crippen LogP contribution in [0.2, 0.25) is 0 Å². The monoisotopic (exact) mass is 312 g/mol. The van der Waals surface area contributed by atoms with Crippen LogP contribution in [0.4, 0.5) is 0 Å². The summed E-state index contributed by atoms with van der Waals surface area (Å²) in [4.78, 5) is 11.4. The van der Waals surface area contributed by atoms with Crippen LogP contribution in [0.15, 0.2) is 23.1 Å². The number of carbonyl (C=O) groups is 1. The van der Waals surface area contributed by atoms with E-state index in [0.29, 0.717) is 25.1 Å². The first-order valence-electron chi connectivity index (χ1n) is 6.82. The van der Waals surface area contributed by atoms with Crippen molar-refractivity contribution in [1.29, 1.82) is 0 Å². The highest BCUT2D eigenvalue weighted by atomic mass is 32.2. The second-order valence-corrected chi connectivity index (χ2v) is 7.43. The third-order valence-corrected chi connectivity index (χ3v) is 5.84. The normalized spacial score (nSPS) is 21.4. The maximum atomic E-state index is 12.6. The van der Waals surface area contributed by atoms with Crippen LogP contribution in [0, 0.1) is 12.8 Å². The molecule has 2 atom stereocenters. The predicted molar refractivity (Wildman–Crippen MR) is 78.2 cm³/mol. The van der Waals surface area contributed by atoms with E-state index in [9.17, 15) is 18.3 Å². The Kier molecular flexibility index (Phi) is 4.36. The molecule has 1 saturated heterocycles. The molecule has 0 spiro atoms. The zero-order valence-electron chi connectivity index (χ0n) is 12.1. The lowest BCUT2D eigenvalue weighted by Crippen LogP contribution is -2.30. The van der Waals surface area contributed by atoms with Crippen molar-refractivity contribution >= 4 is 15.9 Å². The van der Waals surface area contributed by atoms with Gasteiger partial charge in [-0.15, -0.1) is 0 Å². The minimum Gasteiger partial charge on any atom is -0.393 e. The maximum Gasteiger partial charge on any atom is 0.249 e. The first-order chi connectivity index (χ1) is 9.73. The standard InChI is InChI=1S/C14H20N2O4S/c1-9-3-4-12(7-13(9)14(15)18)21(19,20)16-6-5-11(8-16)10(2)17/h3-4,7,10-11,17H,5-6,8H2,1-2H3,(H2,15,18). The van der Waals surface area contributed by atoms with Gasteiger partial charge in [-0.2, -0.15) is 4.31 Å². The summed E-state index contributed by atoms with van der Waals surface area (Å²) < 4.78 is 26.5. The number of aliphatic hydroxyl groups excluding tert-OH is 1. The molecule has 0 saturated carbocycles. The van der Waals surface area contributed by atoms with Crippen LogP contribution in [0.5, 0.6) is 0 Å². The smallest absolute Gasteiger partial charge is 0.249 e. The second-order valence-electron chi connectivity index (χ2n) is 5.49. The van der Waals surface area contributed by atoms with Crippen LogP contribution in [0.3, 0.4) is 0 Å². The van der Waals surface area contributed by atoms with Crippen molar-refractivity contribution in [1.82, 2.24) is 4.31 Å². The summed E-state index contributed by atoms with van der Waals surface area (Å²) in [5.41, 5.74) is 6.12. The molecule has 1 fully saturated rings. The third kappa shape index (κ3) is 3.09. The Labute approximate surface area is 124 Å². The highest BCUT2D eigenvalue weighted by Crippen LogP contribution is 2.27. The molecule has 1 aliphatic rings. The van der Waals surface area contributed by atoms with Gasteiger partial charge in [-0.3, -0.25) is 4.79 Å². The van der Waals surface area contributed by atoms with Gasteiger partial charge in [-0.05, 0) is 43.9 Å². The molecule has 2 rings (SSSR count). The third-order valence-electron chi connectivity index (χ3n) is 3.98. The van der Waals surface area contributed by atoms with Crippen molar-refractivity contribution < 1.29 is 18.3 Å². The summed E-state index contributed by atoms with van der Waals surface area (Å²) >= 11 is 0. The molecule has 7 heteroatoms. The second kappa shape index (κ2) is 5.75. The Morgan fingerprint density at radius 1 is 1.48 bits per heavy atom. The molecule has 116 valence electrons. The van der Waals surface area contributed by atoms with Crippen molar-refractivity contribution in [3.8, 4) is 0 Å². The number of aryl methyl sites for hydroxylation is 1. The summed E-state index contributed by atoms with van der Waals surface area (Å²) in [7, 11) is -3.66. The van der Waals surface area contributed by atoms with Crippen molar-refractivity contribution in [2.24, 2.45) is 11.7 Å². The topological polar surface area (TPSA) is 101 Å². The maximum absolute atomic E-state index is 12.6. The molecule has 3 N–H and O–H groups in total. The number of hydrogen-bond acceptors (Lipinski definition) is 4. The largest absolute Gasteiger partial charge is 0.393 e. The van der Waals surface area contributed by atoms with E-state index in [-0.39, 0.29) is 16.4 Å². The fourth-order valence-electron chi connectivity index (χ4n) is 2.54. The zero-order chi connectivity index (χ0) is 15.8. The number of rotatable bonds is 4. The SMILES string of the molecule is Cc1ccc(S(=O)(=O)N2CCC(C(C)O)C2)cc1C(N)=O. The van der Waals surface area contributed by atoms with E-state index >= 15 is 0 Å². The molecule has 1 aromatic rings. The molecule has 0 bridgehead atoms. The van der Waals surface area contributed by atoms with E-state index in [1.807, 2.05) is 0 Å². The lowest BCUT2D eigenvalue weighted by Gasteiger charge is -2.18. The number of carbonyl (C=O) groups excluding carboxylic acids is 1. The first kappa shape index (κ1) is 15.9. The van der Waals surface area contributed by atoms with Crippen molar-refractivity contribution in [3.05, 3.63) is 29.3 Å². The lowest BCUT2D eigenvalue weighted by molar-refractivity contribution is 0.0999. The Morgan fingerprint density at radius 3 is 2.67 bits per heavy atom. The van der Waals surface area contributed by atoms with Crippen LogP contribution >= 0.6 is 0 Å². The summed E-state index contributed by atoms with van der Waals surface area (Å²) in [6.07, 6.45) is 0.0928. The van der Waals surface area contributed by atoms with Crippen LogP contribution in [-0.2, 0) is 10.0 Å². The number of benzene rings is 1. The molecule has 2 unspecified atom stereocenters. The van der Waals surface area contributed by atoms with E-state index in [2.05, 4.69) is 0 Å². The predicted octanol–water partition coefficient (Wildman–Crippen LogP) is 0.485. The number of sulfonamides is 1. The zero-order valence-corrected chi connectivity index (χ0v) is 12.9. The average molecular weight is 312 g/mol. The molecule has 1 aromatic carbocycles. The molecule has 6 nitrogen and oxygen atoms in total. The summed E-state index contributed by atoms with van der Waals surface area (Å²) in [5.74, 6) is -0.700. The van der Waals surface area contributed by atoms with Gasteiger partial charge in [0.2, 0.25) is 15.9 Å². The molecule has 1 heterocycles. The number of nitrogens with two attached hydrogens (primary N) is 1. The fourth-order valence-corrected chi connectivity index (χ4v) is 4.08. The van der Waals surface area contributed by atoms with E-state index < -0.39 is 22.0 Å². The molecule has 0 aromatic heterocycles. The van der Waals surface area contributed by atoms with Gasteiger partial charge in [0.05, 0.1) is 11.0 Å². The molecular formula is C14H20N2O4S. The number of primary amides is 1. The Balaban J connectivity index is 2.33. The van der Waals surface area contributed by atoms with E-state index in [1.54, 1.807) is 19.9 Å². The molecule has 1 aliphatic heterocycles. The number of hydrogen-bond donors (Lipinski definition) is 2. The minimum absolute atomic E-state index is 0.0548. The molecule has 1 amide bonds. The minimum atomic E-state index is -3.66. The number of amides is 1. The average Bonchev–Trinajstić information content (AvgIpc) is 2.89. The van der Waals surface area contributed by atoms with Crippen LogP contribution < -0.4 is 5.73 Å². The van der Waals surface area contributed by atoms with Gasteiger partial charge in [-0.1, -0.05) is 6.07 Å². The van der Waals surface area contributed by atoms with Gasteiger partial charge >= 0.3 is 0 Å². The number of nitrogens with zero attached hydrogens (tertiary/aromatic N) is 1. The summed E-state index contributed by atoms with van der Waals surface area (Å²) in [6, 6.07) is 4.38. The van der Waals surface area contributed by atoms with E-state index in [4.69, 9.17) is 5.73 Å². The summed E-state index contributed by atoms with van der Waals surface area (Å²) in [5, 5.41) is 9.58. The fraction of sp³-hybridized carbons (Fsp3) is 0.500. The number of aliphatic hydroxyl groups is 1. The van der Waals surface area contributed by atoms with Crippen LogP contribution in [0.25, 0.3) is 0 Å².